The van der Waals surface area contributed by atoms with Crippen molar-refractivity contribution in [1.82, 2.24) is 44.9 Å². The average molecular weight is 470 g/mol. The highest BCUT2D eigenvalue weighted by Gasteiger charge is 1.99. The number of halogens is 1. The fraction of sp³-hybridized carbons (Fsp3) is 0.438. The Kier molecular flexibility index (Phi) is 13.8. The molecule has 15 nitrogen and oxygen atoms in total. The molecule has 3 aromatic rings. The second-order valence-corrected chi connectivity index (χ2v) is 5.79. The SMILES string of the molecule is COc1nc(C)nc(C)n1.COc1nc(C)nc(Cl)n1.Cc1nc(C)nc(NN)n1.NN. The van der Waals surface area contributed by atoms with Crippen molar-refractivity contribution < 1.29 is 9.47 Å². The summed E-state index contributed by atoms with van der Waals surface area (Å²) in [5.74, 6) is 16.7. The highest BCUT2D eigenvalue weighted by Crippen LogP contribution is 2.05. The lowest BCUT2D eigenvalue weighted by Gasteiger charge is -1.98. The van der Waals surface area contributed by atoms with Crippen LogP contribution >= 0.6 is 11.6 Å². The van der Waals surface area contributed by atoms with Gasteiger partial charge in [0.15, 0.2) is 0 Å². The molecule has 0 fully saturated rings. The van der Waals surface area contributed by atoms with E-state index in [4.69, 9.17) is 26.9 Å². The Labute approximate surface area is 190 Å². The van der Waals surface area contributed by atoms with Crippen molar-refractivity contribution in [3.63, 3.8) is 0 Å². The highest BCUT2D eigenvalue weighted by molar-refractivity contribution is 6.28. The number of rotatable bonds is 3. The first kappa shape index (κ1) is 28.6. The van der Waals surface area contributed by atoms with Crippen LogP contribution in [0.1, 0.15) is 29.1 Å². The van der Waals surface area contributed by atoms with Crippen LogP contribution in [0.2, 0.25) is 5.28 Å². The number of hydrazine groups is 2. The molecule has 0 bridgehead atoms. The third-order valence-electron chi connectivity index (χ3n) is 2.89. The number of aromatic nitrogens is 9. The molecule has 176 valence electrons. The van der Waals surface area contributed by atoms with Crippen LogP contribution in [0, 0.1) is 34.6 Å². The summed E-state index contributed by atoms with van der Waals surface area (Å²) >= 11 is 5.49. The normalized spacial score (nSPS) is 9.09. The first-order valence-corrected chi connectivity index (χ1v) is 9.19. The van der Waals surface area contributed by atoms with Gasteiger partial charge >= 0.3 is 12.0 Å². The lowest BCUT2D eigenvalue weighted by molar-refractivity contribution is 0.375. The summed E-state index contributed by atoms with van der Waals surface area (Å²) in [6.45, 7) is 8.90. The predicted octanol–water partition coefficient (Wildman–Crippen LogP) is -0.0681. The van der Waals surface area contributed by atoms with E-state index < -0.39 is 0 Å². The van der Waals surface area contributed by atoms with Gasteiger partial charge in [-0.1, -0.05) is 0 Å². The summed E-state index contributed by atoms with van der Waals surface area (Å²) in [4.78, 5) is 34.8. The summed E-state index contributed by atoms with van der Waals surface area (Å²) in [5.41, 5.74) is 2.35. The Bertz CT molecular complexity index is 778. The zero-order valence-electron chi connectivity index (χ0n) is 19.0. The summed E-state index contributed by atoms with van der Waals surface area (Å²) < 4.78 is 9.54. The summed E-state index contributed by atoms with van der Waals surface area (Å²) in [7, 11) is 3.01. The van der Waals surface area contributed by atoms with E-state index in [1.165, 1.54) is 14.2 Å². The molecule has 0 amide bonds. The molecular formula is C16H28ClN13O2. The molecule has 0 unspecified atom stereocenters. The van der Waals surface area contributed by atoms with Crippen molar-refractivity contribution in [1.29, 1.82) is 0 Å². The maximum Gasteiger partial charge on any atom is 0.320 e. The Morgan fingerprint density at radius 2 is 0.938 bits per heavy atom. The zero-order chi connectivity index (χ0) is 24.7. The fourth-order valence-corrected chi connectivity index (χ4v) is 2.07. The maximum absolute atomic E-state index is 5.49. The maximum atomic E-state index is 5.49. The Morgan fingerprint density at radius 3 is 1.28 bits per heavy atom. The molecule has 0 spiro atoms. The quantitative estimate of drug-likeness (QED) is 0.290. The summed E-state index contributed by atoms with van der Waals surface area (Å²) in [5, 5.41) is 0.157. The van der Waals surface area contributed by atoms with Gasteiger partial charge in [-0.3, -0.25) is 17.1 Å². The van der Waals surface area contributed by atoms with Gasteiger partial charge < -0.3 is 9.47 Å². The van der Waals surface area contributed by atoms with Crippen molar-refractivity contribution in [3.8, 4) is 12.0 Å². The number of nitrogens with zero attached hydrogens (tertiary/aromatic N) is 9. The number of anilines is 1. The number of nitrogens with one attached hydrogen (secondary N) is 1. The molecule has 0 saturated heterocycles. The van der Waals surface area contributed by atoms with Gasteiger partial charge in [0.05, 0.1) is 14.2 Å². The van der Waals surface area contributed by atoms with E-state index in [1.807, 2.05) is 0 Å². The van der Waals surface area contributed by atoms with Gasteiger partial charge in [0.2, 0.25) is 11.2 Å². The van der Waals surface area contributed by atoms with Crippen LogP contribution in [0.15, 0.2) is 0 Å². The molecule has 16 heteroatoms. The van der Waals surface area contributed by atoms with Crippen molar-refractivity contribution in [2.45, 2.75) is 34.6 Å². The number of methoxy groups -OCH3 is 2. The lowest BCUT2D eigenvalue weighted by Crippen LogP contribution is -2.12. The Morgan fingerprint density at radius 1 is 0.594 bits per heavy atom. The topological polar surface area (TPSA) is 225 Å². The lowest BCUT2D eigenvalue weighted by atomic mass is 10.6. The Hall–Kier alpha value is -3.40. The number of ether oxygens (including phenoxy) is 2. The molecule has 0 saturated carbocycles. The molecule has 0 aromatic carbocycles. The molecule has 3 heterocycles. The molecule has 32 heavy (non-hydrogen) atoms. The summed E-state index contributed by atoms with van der Waals surface area (Å²) in [6, 6.07) is 0.627. The number of hydrogen-bond acceptors (Lipinski definition) is 15. The minimum Gasteiger partial charge on any atom is -0.467 e. The van der Waals surface area contributed by atoms with E-state index in [0.29, 0.717) is 41.1 Å². The largest absolute Gasteiger partial charge is 0.467 e. The molecule has 0 aliphatic rings. The van der Waals surface area contributed by atoms with E-state index in [1.54, 1.807) is 34.6 Å². The van der Waals surface area contributed by atoms with Crippen molar-refractivity contribution in [2.24, 2.45) is 17.5 Å². The van der Waals surface area contributed by atoms with Crippen LogP contribution in [0.4, 0.5) is 5.95 Å². The van der Waals surface area contributed by atoms with Crippen LogP contribution in [0.3, 0.4) is 0 Å². The molecule has 3 aromatic heterocycles. The van der Waals surface area contributed by atoms with Crippen molar-refractivity contribution >= 4 is 17.5 Å². The molecule has 0 aliphatic carbocycles. The number of nitrogens with two attached hydrogens (primary N) is 3. The van der Waals surface area contributed by atoms with Gasteiger partial charge in [-0.25, -0.2) is 20.8 Å². The highest BCUT2D eigenvalue weighted by atomic mass is 35.5. The Balaban J connectivity index is 0.000000433. The average Bonchev–Trinajstić information content (AvgIpc) is 2.74. The summed E-state index contributed by atoms with van der Waals surface area (Å²) in [6.07, 6.45) is 0. The molecule has 0 aliphatic heterocycles. The predicted molar refractivity (Wildman–Crippen MR) is 117 cm³/mol. The van der Waals surface area contributed by atoms with E-state index in [0.717, 1.165) is 0 Å². The molecule has 0 atom stereocenters. The van der Waals surface area contributed by atoms with Crippen LogP contribution in [-0.4, -0.2) is 59.1 Å². The van der Waals surface area contributed by atoms with Crippen LogP contribution in [-0.2, 0) is 0 Å². The zero-order valence-corrected chi connectivity index (χ0v) is 19.7. The van der Waals surface area contributed by atoms with E-state index in [9.17, 15) is 0 Å². The van der Waals surface area contributed by atoms with Crippen molar-refractivity contribution in [2.75, 3.05) is 19.6 Å². The first-order chi connectivity index (χ1) is 15.2. The number of hydrogen-bond donors (Lipinski definition) is 4. The molecule has 7 N–H and O–H groups in total. The van der Waals surface area contributed by atoms with Gasteiger partial charge in [-0.2, -0.15) is 29.9 Å². The smallest absolute Gasteiger partial charge is 0.320 e. The van der Waals surface area contributed by atoms with Crippen LogP contribution < -0.4 is 32.4 Å². The van der Waals surface area contributed by atoms with Gasteiger partial charge in [-0.15, -0.1) is 0 Å². The monoisotopic (exact) mass is 469 g/mol. The van der Waals surface area contributed by atoms with Crippen molar-refractivity contribution in [3.05, 3.63) is 34.4 Å². The second-order valence-electron chi connectivity index (χ2n) is 5.45. The first-order valence-electron chi connectivity index (χ1n) is 8.81. The van der Waals surface area contributed by atoms with Gasteiger partial charge in [-0.05, 0) is 46.2 Å². The molecule has 0 radical (unpaired) electrons. The van der Waals surface area contributed by atoms with E-state index >= 15 is 0 Å². The van der Waals surface area contributed by atoms with Crippen LogP contribution in [0.5, 0.6) is 12.0 Å². The van der Waals surface area contributed by atoms with Crippen LogP contribution in [0.25, 0.3) is 0 Å². The van der Waals surface area contributed by atoms with E-state index in [-0.39, 0.29) is 11.3 Å². The standard InChI is InChI=1S/C6H9N3O.C5H6ClN3O.C5H9N5.H4N2/c1-4-7-5(2)9-6(8-4)10-3;1-3-7-4(6)9-5(8-3)10-2;1-3-7-4(2)9-5(8-3)10-6;1-2/h1-3H3;1-2H3;6H2,1-2H3,(H,7,8,9,10);1-2H2. The van der Waals surface area contributed by atoms with E-state index in [2.05, 4.69) is 62.0 Å². The number of aryl methyl sites for hydroxylation is 5. The minimum atomic E-state index is 0.157. The van der Waals surface area contributed by atoms with Gasteiger partial charge in [0.1, 0.15) is 29.1 Å². The molecular weight excluding hydrogens is 442 g/mol. The third-order valence-corrected chi connectivity index (χ3v) is 3.06. The van der Waals surface area contributed by atoms with Gasteiger partial charge in [0.25, 0.3) is 0 Å². The molecule has 3 rings (SSSR count). The minimum absolute atomic E-state index is 0.157. The fourth-order valence-electron chi connectivity index (χ4n) is 1.87. The number of nitrogen functional groups attached to an aromatic ring is 1. The van der Waals surface area contributed by atoms with Gasteiger partial charge in [0, 0.05) is 0 Å². The third kappa shape index (κ3) is 11.7. The second kappa shape index (κ2) is 15.4.